The minimum absolute atomic E-state index is 0.292. The molecule has 3 aromatic rings. The van der Waals surface area contributed by atoms with Crippen LogP contribution < -0.4 is 10.5 Å². The lowest BCUT2D eigenvalue weighted by Gasteiger charge is -2.14. The molecule has 0 unspecified atom stereocenters. The number of aromatic nitrogens is 3. The fourth-order valence-electron chi connectivity index (χ4n) is 2.54. The largest absolute Gasteiger partial charge is 0.494 e. The van der Waals surface area contributed by atoms with Crippen LogP contribution in [-0.2, 0) is 0 Å². The average Bonchev–Trinajstić information content (AvgIpc) is 2.91. The van der Waals surface area contributed by atoms with E-state index < -0.39 is 5.82 Å². The van der Waals surface area contributed by atoms with E-state index in [1.165, 1.54) is 19.2 Å². The van der Waals surface area contributed by atoms with E-state index in [0.29, 0.717) is 22.9 Å². The molecule has 118 valence electrons. The number of benzene rings is 1. The molecule has 0 saturated heterocycles. The van der Waals surface area contributed by atoms with Crippen LogP contribution in [-0.4, -0.2) is 21.6 Å². The number of aryl methyl sites for hydroxylation is 2. The summed E-state index contributed by atoms with van der Waals surface area (Å²) in [5, 5.41) is 0. The van der Waals surface area contributed by atoms with E-state index in [2.05, 4.69) is 9.97 Å². The molecule has 6 heteroatoms. The molecule has 0 radical (unpaired) electrons. The van der Waals surface area contributed by atoms with Gasteiger partial charge in [-0.3, -0.25) is 9.55 Å². The Morgan fingerprint density at radius 2 is 2.04 bits per heavy atom. The SMILES string of the molecule is COc1cc(F)cc(-n2cc(C)nc2-c2cccnc2C)c1N. The molecule has 0 saturated carbocycles. The molecule has 0 bridgehead atoms. The Kier molecular flexibility index (Phi) is 3.73. The lowest BCUT2D eigenvalue weighted by molar-refractivity contribution is 0.413. The van der Waals surface area contributed by atoms with E-state index in [0.717, 1.165) is 17.0 Å². The Balaban J connectivity index is 2.27. The Morgan fingerprint density at radius 3 is 2.74 bits per heavy atom. The molecule has 2 N–H and O–H groups in total. The van der Waals surface area contributed by atoms with Crippen LogP contribution in [0.4, 0.5) is 10.1 Å². The van der Waals surface area contributed by atoms with Crippen LogP contribution >= 0.6 is 0 Å². The van der Waals surface area contributed by atoms with Crippen LogP contribution in [0, 0.1) is 19.7 Å². The van der Waals surface area contributed by atoms with Crippen LogP contribution in [0.2, 0.25) is 0 Å². The summed E-state index contributed by atoms with van der Waals surface area (Å²) >= 11 is 0. The van der Waals surface area contributed by atoms with Crippen molar-refractivity contribution >= 4 is 5.69 Å². The second kappa shape index (κ2) is 5.72. The van der Waals surface area contributed by atoms with Crippen LogP contribution in [0.25, 0.3) is 17.1 Å². The second-order valence-corrected chi connectivity index (χ2v) is 5.25. The first-order valence-corrected chi connectivity index (χ1v) is 7.12. The lowest BCUT2D eigenvalue weighted by Crippen LogP contribution is -2.04. The minimum atomic E-state index is -0.425. The fraction of sp³-hybridized carbons (Fsp3) is 0.176. The van der Waals surface area contributed by atoms with Crippen LogP contribution in [0.1, 0.15) is 11.4 Å². The van der Waals surface area contributed by atoms with Gasteiger partial charge in [-0.05, 0) is 26.0 Å². The van der Waals surface area contributed by atoms with Gasteiger partial charge in [0.15, 0.2) is 0 Å². The monoisotopic (exact) mass is 312 g/mol. The molecule has 23 heavy (non-hydrogen) atoms. The number of methoxy groups -OCH3 is 1. The van der Waals surface area contributed by atoms with Crippen molar-refractivity contribution in [2.24, 2.45) is 0 Å². The van der Waals surface area contributed by atoms with E-state index in [-0.39, 0.29) is 0 Å². The summed E-state index contributed by atoms with van der Waals surface area (Å²) in [6.07, 6.45) is 3.53. The van der Waals surface area contributed by atoms with Crippen molar-refractivity contribution in [1.29, 1.82) is 0 Å². The summed E-state index contributed by atoms with van der Waals surface area (Å²) in [6, 6.07) is 6.39. The summed E-state index contributed by atoms with van der Waals surface area (Å²) in [7, 11) is 1.46. The van der Waals surface area contributed by atoms with Gasteiger partial charge in [-0.15, -0.1) is 0 Å². The Labute approximate surface area is 133 Å². The van der Waals surface area contributed by atoms with Gasteiger partial charge in [0.25, 0.3) is 0 Å². The van der Waals surface area contributed by atoms with Crippen LogP contribution in [0.3, 0.4) is 0 Å². The number of halogens is 1. The molecular weight excluding hydrogens is 295 g/mol. The first-order chi connectivity index (χ1) is 11.0. The third-order valence-electron chi connectivity index (χ3n) is 3.64. The molecule has 5 nitrogen and oxygen atoms in total. The van der Waals surface area contributed by atoms with Gasteiger partial charge in [0.05, 0.1) is 24.2 Å². The molecule has 0 fully saturated rings. The zero-order valence-corrected chi connectivity index (χ0v) is 13.2. The predicted molar refractivity (Wildman–Crippen MR) is 87.2 cm³/mol. The molecule has 1 aromatic carbocycles. The normalized spacial score (nSPS) is 10.8. The Morgan fingerprint density at radius 1 is 1.26 bits per heavy atom. The topological polar surface area (TPSA) is 66.0 Å². The maximum Gasteiger partial charge on any atom is 0.146 e. The predicted octanol–water partition coefficient (Wildman–Crippen LogP) is 3.28. The van der Waals surface area contributed by atoms with Gasteiger partial charge >= 0.3 is 0 Å². The lowest BCUT2D eigenvalue weighted by atomic mass is 10.2. The number of nitrogen functional groups attached to an aromatic ring is 1. The standard InChI is InChI=1S/C17H17FN4O/c1-10-9-22(14-7-12(18)8-15(23-3)16(14)19)17(21-10)13-5-4-6-20-11(13)2/h4-9H,19H2,1-3H3. The van der Waals surface area contributed by atoms with E-state index in [1.54, 1.807) is 10.8 Å². The second-order valence-electron chi connectivity index (χ2n) is 5.25. The highest BCUT2D eigenvalue weighted by Gasteiger charge is 2.17. The van der Waals surface area contributed by atoms with E-state index in [1.807, 2.05) is 32.2 Å². The molecule has 0 atom stereocenters. The molecule has 0 spiro atoms. The van der Waals surface area contributed by atoms with E-state index in [9.17, 15) is 4.39 Å². The first-order valence-electron chi connectivity index (χ1n) is 7.12. The quantitative estimate of drug-likeness (QED) is 0.754. The summed E-state index contributed by atoms with van der Waals surface area (Å²) in [5.74, 6) is 0.527. The smallest absolute Gasteiger partial charge is 0.146 e. The molecule has 0 aliphatic heterocycles. The number of rotatable bonds is 3. The van der Waals surface area contributed by atoms with Crippen molar-refractivity contribution in [2.75, 3.05) is 12.8 Å². The van der Waals surface area contributed by atoms with Gasteiger partial charge < -0.3 is 10.5 Å². The highest BCUT2D eigenvalue weighted by atomic mass is 19.1. The Bertz CT molecular complexity index is 873. The van der Waals surface area contributed by atoms with Crippen LogP contribution in [0.15, 0.2) is 36.7 Å². The average molecular weight is 312 g/mol. The van der Waals surface area contributed by atoms with Gasteiger partial charge in [0.2, 0.25) is 0 Å². The number of imidazole rings is 1. The Hall–Kier alpha value is -2.89. The summed E-state index contributed by atoms with van der Waals surface area (Å²) in [4.78, 5) is 8.84. The maximum absolute atomic E-state index is 13.9. The van der Waals surface area contributed by atoms with Gasteiger partial charge in [0, 0.05) is 35.8 Å². The number of nitrogens with two attached hydrogens (primary N) is 1. The molecule has 0 amide bonds. The van der Waals surface area contributed by atoms with E-state index >= 15 is 0 Å². The highest BCUT2D eigenvalue weighted by Crippen LogP contribution is 2.33. The van der Waals surface area contributed by atoms with Crippen molar-refractivity contribution in [3.05, 3.63) is 53.9 Å². The number of hydrogen-bond donors (Lipinski definition) is 1. The van der Waals surface area contributed by atoms with Crippen molar-refractivity contribution in [3.63, 3.8) is 0 Å². The van der Waals surface area contributed by atoms with E-state index in [4.69, 9.17) is 10.5 Å². The van der Waals surface area contributed by atoms with Gasteiger partial charge in [-0.2, -0.15) is 0 Å². The summed E-state index contributed by atoms with van der Waals surface area (Å²) < 4.78 is 20.8. The molecule has 0 aliphatic carbocycles. The fourth-order valence-corrected chi connectivity index (χ4v) is 2.54. The number of ether oxygens (including phenoxy) is 1. The highest BCUT2D eigenvalue weighted by molar-refractivity contribution is 5.71. The van der Waals surface area contributed by atoms with Crippen molar-refractivity contribution < 1.29 is 9.13 Å². The van der Waals surface area contributed by atoms with Crippen LogP contribution in [0.5, 0.6) is 5.75 Å². The summed E-state index contributed by atoms with van der Waals surface area (Å²) in [5.41, 5.74) is 9.47. The summed E-state index contributed by atoms with van der Waals surface area (Å²) in [6.45, 7) is 3.78. The van der Waals surface area contributed by atoms with Crippen molar-refractivity contribution in [3.8, 4) is 22.8 Å². The minimum Gasteiger partial charge on any atom is -0.494 e. The maximum atomic E-state index is 13.9. The number of nitrogens with zero attached hydrogens (tertiary/aromatic N) is 3. The molecular formula is C17H17FN4O. The first kappa shape index (κ1) is 15.0. The van der Waals surface area contributed by atoms with Crippen molar-refractivity contribution in [2.45, 2.75) is 13.8 Å². The van der Waals surface area contributed by atoms with Crippen molar-refractivity contribution in [1.82, 2.24) is 14.5 Å². The number of pyridine rings is 1. The van der Waals surface area contributed by atoms with Gasteiger partial charge in [0.1, 0.15) is 17.4 Å². The zero-order chi connectivity index (χ0) is 16.6. The molecule has 2 heterocycles. The third-order valence-corrected chi connectivity index (χ3v) is 3.64. The number of hydrogen-bond acceptors (Lipinski definition) is 4. The molecule has 2 aromatic heterocycles. The van der Waals surface area contributed by atoms with Gasteiger partial charge in [-0.1, -0.05) is 0 Å². The third kappa shape index (κ3) is 2.63. The molecule has 3 rings (SSSR count). The number of anilines is 1. The molecule has 0 aliphatic rings. The van der Waals surface area contributed by atoms with Gasteiger partial charge in [-0.25, -0.2) is 9.37 Å². The zero-order valence-electron chi connectivity index (χ0n) is 13.2.